The molecule has 0 aliphatic heterocycles. The number of halogens is 3. The fraction of sp³-hybridized carbons (Fsp3) is 0.143. The van der Waals surface area contributed by atoms with Crippen molar-refractivity contribution in [2.45, 2.75) is 6.18 Å². The van der Waals surface area contributed by atoms with E-state index < -0.39 is 11.7 Å². The van der Waals surface area contributed by atoms with Crippen LogP contribution in [-0.2, 0) is 6.18 Å². The summed E-state index contributed by atoms with van der Waals surface area (Å²) in [6.07, 6.45) is -4.23. The zero-order valence-electron chi connectivity index (χ0n) is 4.94. The van der Waals surface area contributed by atoms with Crippen LogP contribution in [0.15, 0.2) is 24.3 Å². The highest BCUT2D eigenvalue weighted by molar-refractivity contribution is 5.75. The van der Waals surface area contributed by atoms with Crippen LogP contribution in [0.5, 0.6) is 0 Å². The van der Waals surface area contributed by atoms with E-state index in [1.165, 1.54) is 12.1 Å². The topological polar surface area (TPSA) is 0 Å². The molecule has 4 heteroatoms. The molecule has 57 valence electrons. The Morgan fingerprint density at radius 1 is 1.09 bits per heavy atom. The van der Waals surface area contributed by atoms with E-state index in [0.717, 1.165) is 12.1 Å². The summed E-state index contributed by atoms with van der Waals surface area (Å²) in [5.74, 6) is 0. The van der Waals surface area contributed by atoms with Gasteiger partial charge in [-0.25, -0.2) is 0 Å². The minimum Gasteiger partial charge on any atom is -0.166 e. The normalized spacial score (nSPS) is 10.5. The highest BCUT2D eigenvalue weighted by Crippen LogP contribution is 2.28. The molecule has 0 unspecified atom stereocenters. The third-order valence-electron chi connectivity index (χ3n) is 1.05. The van der Waals surface area contributed by atoms with Gasteiger partial charge in [-0.3, -0.25) is 0 Å². The number of benzene rings is 1. The Morgan fingerprint density at radius 3 is 1.82 bits per heavy atom. The van der Waals surface area contributed by atoms with Gasteiger partial charge in [0.1, 0.15) is 0 Å². The molecule has 0 spiro atoms. The molecular formula is C7H6F3Mg. The molecule has 0 amide bonds. The van der Waals surface area contributed by atoms with Gasteiger partial charge in [0.2, 0.25) is 0 Å². The molecule has 11 heavy (non-hydrogen) atoms. The Labute approximate surface area is 78.6 Å². The lowest BCUT2D eigenvalue weighted by Gasteiger charge is -2.03. The molecule has 0 atom stereocenters. The van der Waals surface area contributed by atoms with Crippen LogP contribution in [-0.4, -0.2) is 23.1 Å². The second kappa shape index (κ2) is 3.97. The lowest BCUT2D eigenvalue weighted by molar-refractivity contribution is -0.137. The Kier molecular flexibility index (Phi) is 3.89. The van der Waals surface area contributed by atoms with Gasteiger partial charge in [0.25, 0.3) is 0 Å². The lowest BCUT2D eigenvalue weighted by Crippen LogP contribution is -2.03. The van der Waals surface area contributed by atoms with Gasteiger partial charge in [-0.15, -0.1) is 0 Å². The first-order chi connectivity index (χ1) is 4.61. The fourth-order valence-corrected chi connectivity index (χ4v) is 0.576. The van der Waals surface area contributed by atoms with Gasteiger partial charge in [-0.05, 0) is 18.2 Å². The third-order valence-corrected chi connectivity index (χ3v) is 1.05. The van der Waals surface area contributed by atoms with Crippen LogP contribution in [0.4, 0.5) is 13.2 Å². The minimum atomic E-state index is -4.23. The smallest absolute Gasteiger partial charge is 0.166 e. The second-order valence-electron chi connectivity index (χ2n) is 1.79. The highest BCUT2D eigenvalue weighted by atomic mass is 24.3. The van der Waals surface area contributed by atoms with Crippen molar-refractivity contribution in [2.75, 3.05) is 0 Å². The molecule has 1 radical (unpaired) electrons. The summed E-state index contributed by atoms with van der Waals surface area (Å²) in [5, 5.41) is 0. The van der Waals surface area contributed by atoms with Crippen LogP contribution in [0, 0.1) is 6.07 Å². The highest BCUT2D eigenvalue weighted by Gasteiger charge is 2.29. The average Bonchev–Trinajstić information content (AvgIpc) is 1.88. The fourth-order valence-electron chi connectivity index (χ4n) is 0.576. The zero-order valence-corrected chi connectivity index (χ0v) is 4.94. The van der Waals surface area contributed by atoms with E-state index >= 15 is 0 Å². The third kappa shape index (κ3) is 3.11. The summed E-state index contributed by atoms with van der Waals surface area (Å²) in [7, 11) is 0. The van der Waals surface area contributed by atoms with E-state index in [1.807, 2.05) is 0 Å². The molecule has 0 nitrogen and oxygen atoms in total. The molecule has 0 bridgehead atoms. The van der Waals surface area contributed by atoms with Crippen LogP contribution in [0.25, 0.3) is 0 Å². The van der Waals surface area contributed by atoms with Crippen molar-refractivity contribution in [3.63, 3.8) is 0 Å². The molecule has 0 saturated carbocycles. The second-order valence-corrected chi connectivity index (χ2v) is 1.79. The van der Waals surface area contributed by atoms with Gasteiger partial charge < -0.3 is 0 Å². The predicted molar refractivity (Wildman–Crippen MR) is 38.8 cm³/mol. The molecular weight excluding hydrogens is 165 g/mol. The summed E-state index contributed by atoms with van der Waals surface area (Å²) >= 11 is 0. The van der Waals surface area contributed by atoms with Gasteiger partial charge in [0.05, 0.1) is 5.56 Å². The standard InChI is InChI=1S/C7H4F3.Mg.2H/c8-7(9,10)6-4-2-1-3-5-6;;;/h2-5H;;;. The van der Waals surface area contributed by atoms with Crippen molar-refractivity contribution in [3.05, 3.63) is 35.9 Å². The maximum atomic E-state index is 11.8. The summed E-state index contributed by atoms with van der Waals surface area (Å²) in [6, 6.07) is 6.95. The van der Waals surface area contributed by atoms with E-state index in [0.29, 0.717) is 0 Å². The molecule has 0 saturated heterocycles. The van der Waals surface area contributed by atoms with Crippen LogP contribution >= 0.6 is 0 Å². The molecule has 0 N–H and O–H groups in total. The Morgan fingerprint density at radius 2 is 1.55 bits per heavy atom. The number of hydrogen-bond donors (Lipinski definition) is 0. The van der Waals surface area contributed by atoms with Gasteiger partial charge in [-0.1, -0.05) is 12.1 Å². The van der Waals surface area contributed by atoms with Crippen molar-refractivity contribution < 1.29 is 13.2 Å². The Balaban J connectivity index is 0.000001000. The molecule has 0 fully saturated rings. The van der Waals surface area contributed by atoms with Gasteiger partial charge in [0.15, 0.2) is 0 Å². The van der Waals surface area contributed by atoms with E-state index in [1.54, 1.807) is 0 Å². The molecule has 1 aromatic carbocycles. The van der Waals surface area contributed by atoms with Crippen molar-refractivity contribution >= 4 is 23.1 Å². The van der Waals surface area contributed by atoms with Crippen LogP contribution in [0.1, 0.15) is 5.56 Å². The van der Waals surface area contributed by atoms with Gasteiger partial charge in [0, 0.05) is 0 Å². The number of alkyl halides is 3. The number of rotatable bonds is 0. The summed E-state index contributed by atoms with van der Waals surface area (Å²) in [4.78, 5) is 0. The first-order valence-electron chi connectivity index (χ1n) is 2.64. The molecule has 0 aromatic heterocycles. The van der Waals surface area contributed by atoms with Crippen molar-refractivity contribution in [2.24, 2.45) is 0 Å². The van der Waals surface area contributed by atoms with Crippen molar-refractivity contribution in [1.82, 2.24) is 0 Å². The van der Waals surface area contributed by atoms with Crippen molar-refractivity contribution in [1.29, 1.82) is 0 Å². The van der Waals surface area contributed by atoms with E-state index in [9.17, 15) is 13.2 Å². The summed E-state index contributed by atoms with van der Waals surface area (Å²) in [6.45, 7) is 0. The zero-order chi connectivity index (χ0) is 7.61. The average molecular weight is 171 g/mol. The van der Waals surface area contributed by atoms with Crippen LogP contribution in [0.3, 0.4) is 0 Å². The molecule has 0 heterocycles. The monoisotopic (exact) mass is 171 g/mol. The molecule has 1 rings (SSSR count). The SMILES string of the molecule is FC(F)(F)c1cc[c]cc1.[MgH2]. The van der Waals surface area contributed by atoms with Crippen LogP contribution in [0.2, 0.25) is 0 Å². The van der Waals surface area contributed by atoms with E-state index in [4.69, 9.17) is 0 Å². The largest absolute Gasteiger partial charge is 0.416 e. The van der Waals surface area contributed by atoms with E-state index in [2.05, 4.69) is 6.07 Å². The van der Waals surface area contributed by atoms with E-state index in [-0.39, 0.29) is 23.1 Å². The molecule has 1 aromatic rings. The lowest BCUT2D eigenvalue weighted by atomic mass is 10.2. The molecule has 0 aliphatic carbocycles. The maximum absolute atomic E-state index is 11.8. The Bertz CT molecular complexity index is 205. The summed E-state index contributed by atoms with van der Waals surface area (Å²) < 4.78 is 35.3. The number of hydrogen-bond acceptors (Lipinski definition) is 0. The maximum Gasteiger partial charge on any atom is 0.416 e. The predicted octanol–water partition coefficient (Wildman–Crippen LogP) is 1.59. The molecule has 0 aliphatic rings. The Hall–Kier alpha value is -0.224. The first kappa shape index (κ1) is 10.8. The van der Waals surface area contributed by atoms with Gasteiger partial charge >= 0.3 is 29.2 Å². The van der Waals surface area contributed by atoms with Crippen molar-refractivity contribution in [3.8, 4) is 0 Å². The van der Waals surface area contributed by atoms with Gasteiger partial charge in [-0.2, -0.15) is 13.2 Å². The minimum absolute atomic E-state index is 0. The summed E-state index contributed by atoms with van der Waals surface area (Å²) in [5.41, 5.74) is -0.633. The van der Waals surface area contributed by atoms with Crippen LogP contribution < -0.4 is 0 Å². The quantitative estimate of drug-likeness (QED) is 0.520. The first-order valence-corrected chi connectivity index (χ1v) is 2.64.